The number of benzene rings is 2. The Kier molecular flexibility index (Phi) is 5.47. The lowest BCUT2D eigenvalue weighted by molar-refractivity contribution is 0.235. The fourth-order valence-electron chi connectivity index (χ4n) is 3.69. The van der Waals surface area contributed by atoms with Crippen LogP contribution in [-0.2, 0) is 0 Å². The number of aliphatic hydroxyl groups excluding tert-OH is 1. The maximum atomic E-state index is 11.0. The lowest BCUT2D eigenvalue weighted by atomic mass is 9.82. The molecule has 1 N–H and O–H groups in total. The van der Waals surface area contributed by atoms with Gasteiger partial charge in [0.25, 0.3) is 0 Å². The van der Waals surface area contributed by atoms with E-state index in [1.165, 1.54) is 30.4 Å². The molecule has 126 valence electrons. The van der Waals surface area contributed by atoms with Crippen LogP contribution in [-0.4, -0.2) is 10.8 Å². The quantitative estimate of drug-likeness (QED) is 0.721. The van der Waals surface area contributed by atoms with Crippen LogP contribution in [0.1, 0.15) is 54.9 Å². The van der Waals surface area contributed by atoms with Crippen molar-refractivity contribution < 1.29 is 5.11 Å². The van der Waals surface area contributed by atoms with Gasteiger partial charge in [-0.1, -0.05) is 67.8 Å². The van der Waals surface area contributed by atoms with Gasteiger partial charge in [-0.05, 0) is 43.4 Å². The van der Waals surface area contributed by atoms with Crippen LogP contribution in [0.25, 0.3) is 0 Å². The smallest absolute Gasteiger partial charge is 0.117 e. The van der Waals surface area contributed by atoms with E-state index in [-0.39, 0.29) is 0 Å². The third kappa shape index (κ3) is 3.76. The number of aryl methyl sites for hydroxylation is 2. The molecule has 1 fully saturated rings. The second-order valence-corrected chi connectivity index (χ2v) is 6.93. The molecule has 0 saturated heterocycles. The molecule has 0 amide bonds. The molecule has 0 aromatic heterocycles. The molecule has 0 radical (unpaired) electrons. The minimum atomic E-state index is -0.617. The van der Waals surface area contributed by atoms with Gasteiger partial charge in [-0.25, -0.2) is 0 Å². The van der Waals surface area contributed by atoms with E-state index < -0.39 is 6.10 Å². The van der Waals surface area contributed by atoms with E-state index in [0.717, 1.165) is 29.8 Å². The van der Waals surface area contributed by atoms with E-state index in [2.05, 4.69) is 32.0 Å². The minimum absolute atomic E-state index is 0.382. The van der Waals surface area contributed by atoms with Crippen LogP contribution < -0.4 is 0 Å². The van der Waals surface area contributed by atoms with Gasteiger partial charge in [-0.3, -0.25) is 4.99 Å². The number of hydrogen-bond donors (Lipinski definition) is 1. The van der Waals surface area contributed by atoms with Crippen LogP contribution in [0, 0.1) is 19.8 Å². The summed E-state index contributed by atoms with van der Waals surface area (Å²) in [5.41, 5.74) is 5.24. The van der Waals surface area contributed by atoms with Gasteiger partial charge in [-0.2, -0.15) is 0 Å². The minimum Gasteiger partial charge on any atom is -0.382 e. The van der Waals surface area contributed by atoms with Crippen molar-refractivity contribution in [2.24, 2.45) is 10.9 Å². The Labute approximate surface area is 145 Å². The fraction of sp³-hybridized carbons (Fsp3) is 0.409. The highest BCUT2D eigenvalue weighted by Gasteiger charge is 2.26. The Bertz CT molecular complexity index is 679. The molecule has 0 bridgehead atoms. The van der Waals surface area contributed by atoms with Gasteiger partial charge in [0.1, 0.15) is 6.10 Å². The SMILES string of the molecule is Cc1cccc(C)c1N=C(C1CCCCC1)C(O)c1ccccc1. The Balaban J connectivity index is 2.03. The third-order valence-electron chi connectivity index (χ3n) is 5.10. The van der Waals surface area contributed by atoms with Gasteiger partial charge < -0.3 is 5.11 Å². The predicted octanol–water partition coefficient (Wildman–Crippen LogP) is 5.69. The number of hydrogen-bond acceptors (Lipinski definition) is 2. The van der Waals surface area contributed by atoms with Gasteiger partial charge in [0.05, 0.1) is 11.4 Å². The molecule has 0 spiro atoms. The summed E-state index contributed by atoms with van der Waals surface area (Å²) in [5, 5.41) is 11.0. The molecule has 1 aliphatic carbocycles. The molecule has 2 aromatic carbocycles. The summed E-state index contributed by atoms with van der Waals surface area (Å²) < 4.78 is 0. The van der Waals surface area contributed by atoms with Crippen molar-refractivity contribution >= 4 is 11.4 Å². The van der Waals surface area contributed by atoms with Crippen molar-refractivity contribution in [1.82, 2.24) is 0 Å². The lowest BCUT2D eigenvalue weighted by Crippen LogP contribution is -2.24. The number of aliphatic imine (C=N–C) groups is 1. The number of nitrogens with zero attached hydrogens (tertiary/aromatic N) is 1. The molecule has 3 rings (SSSR count). The molecule has 2 heteroatoms. The molecule has 1 aliphatic rings. The van der Waals surface area contributed by atoms with E-state index in [9.17, 15) is 5.11 Å². The first-order valence-electron chi connectivity index (χ1n) is 9.04. The van der Waals surface area contributed by atoms with Gasteiger partial charge in [0, 0.05) is 5.92 Å². The molecule has 0 heterocycles. The van der Waals surface area contributed by atoms with E-state index >= 15 is 0 Å². The predicted molar refractivity (Wildman–Crippen MR) is 101 cm³/mol. The Morgan fingerprint density at radius 3 is 2.17 bits per heavy atom. The second-order valence-electron chi connectivity index (χ2n) is 6.93. The molecular formula is C22H27NO. The standard InChI is InChI=1S/C22H27NO/c1-16-10-9-11-17(2)20(16)23-21(18-12-5-3-6-13-18)22(24)19-14-7-4-8-15-19/h4,7-11,14-15,18,22,24H,3,5-6,12-13H2,1-2H3. The maximum Gasteiger partial charge on any atom is 0.117 e. The number of para-hydroxylation sites is 1. The van der Waals surface area contributed by atoms with Gasteiger partial charge in [-0.15, -0.1) is 0 Å². The van der Waals surface area contributed by atoms with Crippen molar-refractivity contribution in [3.05, 3.63) is 65.2 Å². The molecule has 1 unspecified atom stereocenters. The van der Waals surface area contributed by atoms with E-state index in [1.54, 1.807) is 0 Å². The Hall–Kier alpha value is -1.93. The van der Waals surface area contributed by atoms with E-state index in [0.29, 0.717) is 5.92 Å². The monoisotopic (exact) mass is 321 g/mol. The Morgan fingerprint density at radius 1 is 0.917 bits per heavy atom. The fourth-order valence-corrected chi connectivity index (χ4v) is 3.69. The van der Waals surface area contributed by atoms with Crippen molar-refractivity contribution in [2.45, 2.75) is 52.1 Å². The van der Waals surface area contributed by atoms with Gasteiger partial charge >= 0.3 is 0 Å². The zero-order valence-corrected chi connectivity index (χ0v) is 14.7. The van der Waals surface area contributed by atoms with Gasteiger partial charge in [0.2, 0.25) is 0 Å². The van der Waals surface area contributed by atoms with Crippen LogP contribution >= 0.6 is 0 Å². The molecule has 0 aliphatic heterocycles. The van der Waals surface area contributed by atoms with E-state index in [4.69, 9.17) is 4.99 Å². The first-order valence-corrected chi connectivity index (χ1v) is 9.04. The normalized spacial score (nSPS) is 17.7. The molecular weight excluding hydrogens is 294 g/mol. The summed E-state index contributed by atoms with van der Waals surface area (Å²) in [7, 11) is 0. The molecule has 2 nitrogen and oxygen atoms in total. The van der Waals surface area contributed by atoms with Crippen molar-refractivity contribution in [1.29, 1.82) is 0 Å². The summed E-state index contributed by atoms with van der Waals surface area (Å²) in [5.74, 6) is 0.382. The summed E-state index contributed by atoms with van der Waals surface area (Å²) >= 11 is 0. The zero-order valence-electron chi connectivity index (χ0n) is 14.7. The van der Waals surface area contributed by atoms with Crippen LogP contribution in [0.5, 0.6) is 0 Å². The summed E-state index contributed by atoms with van der Waals surface area (Å²) in [6.45, 7) is 4.19. The number of aliphatic hydroxyl groups is 1. The average molecular weight is 321 g/mol. The van der Waals surface area contributed by atoms with Crippen LogP contribution in [0.15, 0.2) is 53.5 Å². The van der Waals surface area contributed by atoms with Crippen molar-refractivity contribution in [3.8, 4) is 0 Å². The number of rotatable bonds is 4. The molecule has 1 saturated carbocycles. The first kappa shape index (κ1) is 16.9. The summed E-state index contributed by atoms with van der Waals surface area (Å²) in [6.07, 6.45) is 5.42. The van der Waals surface area contributed by atoms with E-state index in [1.807, 2.05) is 30.3 Å². The van der Waals surface area contributed by atoms with Crippen LogP contribution in [0.4, 0.5) is 5.69 Å². The largest absolute Gasteiger partial charge is 0.382 e. The lowest BCUT2D eigenvalue weighted by Gasteiger charge is -2.27. The highest BCUT2D eigenvalue weighted by molar-refractivity contribution is 5.94. The Morgan fingerprint density at radius 2 is 1.54 bits per heavy atom. The molecule has 24 heavy (non-hydrogen) atoms. The molecule has 2 aromatic rings. The topological polar surface area (TPSA) is 32.6 Å². The van der Waals surface area contributed by atoms with Crippen LogP contribution in [0.2, 0.25) is 0 Å². The highest BCUT2D eigenvalue weighted by Crippen LogP contribution is 2.33. The van der Waals surface area contributed by atoms with Crippen molar-refractivity contribution in [2.75, 3.05) is 0 Å². The first-order chi connectivity index (χ1) is 11.7. The zero-order chi connectivity index (χ0) is 16.9. The molecule has 1 atom stereocenters. The van der Waals surface area contributed by atoms with Gasteiger partial charge in [0.15, 0.2) is 0 Å². The highest BCUT2D eigenvalue weighted by atomic mass is 16.3. The summed E-state index contributed by atoms with van der Waals surface area (Å²) in [4.78, 5) is 5.02. The average Bonchev–Trinajstić information content (AvgIpc) is 2.62. The summed E-state index contributed by atoms with van der Waals surface area (Å²) in [6, 6.07) is 16.2. The van der Waals surface area contributed by atoms with Crippen LogP contribution in [0.3, 0.4) is 0 Å². The maximum absolute atomic E-state index is 11.0. The second kappa shape index (κ2) is 7.76. The third-order valence-corrected chi connectivity index (χ3v) is 5.10. The van der Waals surface area contributed by atoms with Crippen molar-refractivity contribution in [3.63, 3.8) is 0 Å².